The first-order valence-corrected chi connectivity index (χ1v) is 7.13. The summed E-state index contributed by atoms with van der Waals surface area (Å²) in [6.45, 7) is -0.302. The van der Waals surface area contributed by atoms with Gasteiger partial charge in [-0.25, -0.2) is 17.6 Å². The van der Waals surface area contributed by atoms with E-state index in [9.17, 15) is 22.4 Å². The molecule has 23 heavy (non-hydrogen) atoms. The summed E-state index contributed by atoms with van der Waals surface area (Å²) in [4.78, 5) is 11.9. The molecule has 122 valence electrons. The Morgan fingerprint density at radius 2 is 1.78 bits per heavy atom. The summed E-state index contributed by atoms with van der Waals surface area (Å²) >= 11 is 0. The van der Waals surface area contributed by atoms with Gasteiger partial charge in [0.1, 0.15) is 12.2 Å². The summed E-state index contributed by atoms with van der Waals surface area (Å²) in [6, 6.07) is 0.0852. The molecule has 0 fully saturated rings. The number of halogens is 4. The molecule has 1 N–H and O–H groups in total. The van der Waals surface area contributed by atoms with Crippen molar-refractivity contribution >= 4 is 11.6 Å². The number of aryl methyl sites for hydroxylation is 2. The first-order valence-electron chi connectivity index (χ1n) is 7.13. The van der Waals surface area contributed by atoms with Gasteiger partial charge in [-0.1, -0.05) is 0 Å². The smallest absolute Gasteiger partial charge is 0.246 e. The molecule has 4 nitrogen and oxygen atoms in total. The fourth-order valence-corrected chi connectivity index (χ4v) is 2.62. The normalized spacial score (nSPS) is 13.7. The summed E-state index contributed by atoms with van der Waals surface area (Å²) in [7, 11) is 0. The molecule has 3 rings (SSSR count). The van der Waals surface area contributed by atoms with Gasteiger partial charge in [0.05, 0.1) is 5.69 Å². The Hall–Kier alpha value is -2.38. The molecule has 0 spiro atoms. The van der Waals surface area contributed by atoms with Gasteiger partial charge in [-0.2, -0.15) is 5.10 Å². The van der Waals surface area contributed by atoms with E-state index in [4.69, 9.17) is 0 Å². The van der Waals surface area contributed by atoms with Crippen LogP contribution in [0.15, 0.2) is 12.3 Å². The van der Waals surface area contributed by atoms with Gasteiger partial charge in [0.15, 0.2) is 23.3 Å². The Morgan fingerprint density at radius 1 is 1.13 bits per heavy atom. The molecular weight excluding hydrogens is 314 g/mol. The van der Waals surface area contributed by atoms with Gasteiger partial charge in [-0.15, -0.1) is 0 Å². The third-order valence-electron chi connectivity index (χ3n) is 3.72. The molecular formula is C15H13F4N3O. The van der Waals surface area contributed by atoms with Crippen LogP contribution in [0.2, 0.25) is 0 Å². The van der Waals surface area contributed by atoms with E-state index in [1.165, 1.54) is 4.68 Å². The Morgan fingerprint density at radius 3 is 2.43 bits per heavy atom. The molecule has 0 radical (unpaired) electrons. The van der Waals surface area contributed by atoms with Crippen LogP contribution in [0.5, 0.6) is 0 Å². The topological polar surface area (TPSA) is 46.9 Å². The predicted octanol–water partition coefficient (Wildman–Crippen LogP) is 2.96. The quantitative estimate of drug-likeness (QED) is 0.696. The average molecular weight is 327 g/mol. The number of hydrogen-bond acceptors (Lipinski definition) is 2. The maximum atomic E-state index is 13.5. The number of nitrogens with one attached hydrogen (secondary N) is 1. The fraction of sp³-hybridized carbons (Fsp3) is 0.333. The second kappa shape index (κ2) is 6.02. The fourth-order valence-electron chi connectivity index (χ4n) is 2.62. The van der Waals surface area contributed by atoms with Gasteiger partial charge in [0.25, 0.3) is 0 Å². The zero-order valence-corrected chi connectivity index (χ0v) is 12.0. The Balaban J connectivity index is 1.76. The van der Waals surface area contributed by atoms with Crippen molar-refractivity contribution in [1.29, 1.82) is 0 Å². The van der Waals surface area contributed by atoms with Crippen molar-refractivity contribution in [3.05, 3.63) is 46.8 Å². The van der Waals surface area contributed by atoms with Crippen molar-refractivity contribution in [3.8, 4) is 0 Å². The molecule has 0 aliphatic heterocycles. The molecule has 0 saturated carbocycles. The van der Waals surface area contributed by atoms with Crippen LogP contribution in [0.4, 0.5) is 23.2 Å². The summed E-state index contributed by atoms with van der Waals surface area (Å²) in [5, 5.41) is 6.09. The van der Waals surface area contributed by atoms with Gasteiger partial charge in [-0.05, 0) is 31.2 Å². The molecule has 1 aromatic heterocycles. The summed E-state index contributed by atoms with van der Waals surface area (Å²) < 4.78 is 54.6. The van der Waals surface area contributed by atoms with Crippen LogP contribution in [0.1, 0.15) is 24.1 Å². The lowest BCUT2D eigenvalue weighted by Crippen LogP contribution is -2.21. The molecule has 8 heteroatoms. The third-order valence-corrected chi connectivity index (χ3v) is 3.72. The van der Waals surface area contributed by atoms with Crippen LogP contribution in [-0.4, -0.2) is 15.7 Å². The Bertz CT molecular complexity index is 723. The molecule has 1 aromatic carbocycles. The number of anilines is 1. The number of nitrogens with zero attached hydrogens (tertiary/aromatic N) is 2. The molecule has 0 saturated heterocycles. The van der Waals surface area contributed by atoms with E-state index < -0.39 is 34.9 Å². The van der Waals surface area contributed by atoms with Crippen molar-refractivity contribution < 1.29 is 22.4 Å². The minimum absolute atomic E-state index is 0.0852. The standard InChI is InChI=1S/C15H13F4N3O/c16-9-5-10(17)14(19)15(13(9)18)20-12(23)7-22-6-8-3-1-2-4-11(8)21-22/h5-6H,1-4,7H2,(H,20,23). The van der Waals surface area contributed by atoms with Crippen LogP contribution in [0, 0.1) is 23.3 Å². The van der Waals surface area contributed by atoms with Crippen molar-refractivity contribution in [1.82, 2.24) is 9.78 Å². The SMILES string of the molecule is O=C(Cn1cc2c(n1)CCCC2)Nc1c(F)c(F)cc(F)c1F. The number of aromatic nitrogens is 2. The number of rotatable bonds is 3. The van der Waals surface area contributed by atoms with E-state index in [-0.39, 0.29) is 12.6 Å². The van der Waals surface area contributed by atoms with Crippen molar-refractivity contribution in [2.24, 2.45) is 0 Å². The van der Waals surface area contributed by atoms with Crippen molar-refractivity contribution in [3.63, 3.8) is 0 Å². The van der Waals surface area contributed by atoms with Crippen LogP contribution in [-0.2, 0) is 24.2 Å². The molecule has 1 aliphatic carbocycles. The first kappa shape index (κ1) is 15.5. The average Bonchev–Trinajstić information content (AvgIpc) is 2.91. The van der Waals surface area contributed by atoms with Gasteiger partial charge in [0, 0.05) is 12.3 Å². The van der Waals surface area contributed by atoms with E-state index in [0.717, 1.165) is 36.9 Å². The maximum absolute atomic E-state index is 13.5. The molecule has 0 unspecified atom stereocenters. The van der Waals surface area contributed by atoms with E-state index in [2.05, 4.69) is 5.10 Å². The third kappa shape index (κ3) is 3.06. The van der Waals surface area contributed by atoms with Crippen LogP contribution < -0.4 is 5.32 Å². The minimum atomic E-state index is -1.64. The zero-order chi connectivity index (χ0) is 16.6. The number of fused-ring (bicyclic) bond motifs is 1. The van der Waals surface area contributed by atoms with Crippen molar-refractivity contribution in [2.45, 2.75) is 32.2 Å². The van der Waals surface area contributed by atoms with Crippen LogP contribution >= 0.6 is 0 Å². The molecule has 1 amide bonds. The lowest BCUT2D eigenvalue weighted by molar-refractivity contribution is -0.117. The van der Waals surface area contributed by atoms with E-state index in [1.807, 2.05) is 5.32 Å². The predicted molar refractivity (Wildman–Crippen MR) is 73.8 cm³/mol. The van der Waals surface area contributed by atoms with E-state index in [1.54, 1.807) is 6.20 Å². The number of hydrogen-bond donors (Lipinski definition) is 1. The van der Waals surface area contributed by atoms with Gasteiger partial charge in [-0.3, -0.25) is 9.48 Å². The number of carbonyl (C=O) groups excluding carboxylic acids is 1. The number of benzene rings is 1. The lowest BCUT2D eigenvalue weighted by atomic mass is 9.99. The van der Waals surface area contributed by atoms with E-state index >= 15 is 0 Å². The molecule has 1 heterocycles. The van der Waals surface area contributed by atoms with Gasteiger partial charge in [0.2, 0.25) is 5.91 Å². The Labute approximate surface area is 129 Å². The number of amides is 1. The highest BCUT2D eigenvalue weighted by Crippen LogP contribution is 2.24. The summed E-state index contributed by atoms with van der Waals surface area (Å²) in [6.07, 6.45) is 5.46. The Kier molecular flexibility index (Phi) is 4.06. The van der Waals surface area contributed by atoms with Crippen LogP contribution in [0.3, 0.4) is 0 Å². The highest BCUT2D eigenvalue weighted by Gasteiger charge is 2.21. The van der Waals surface area contributed by atoms with Crippen molar-refractivity contribution in [2.75, 3.05) is 5.32 Å². The largest absolute Gasteiger partial charge is 0.319 e. The number of carbonyl (C=O) groups is 1. The minimum Gasteiger partial charge on any atom is -0.319 e. The monoisotopic (exact) mass is 327 g/mol. The lowest BCUT2D eigenvalue weighted by Gasteiger charge is -2.09. The second-order valence-corrected chi connectivity index (χ2v) is 5.40. The second-order valence-electron chi connectivity index (χ2n) is 5.40. The molecule has 0 bridgehead atoms. The van der Waals surface area contributed by atoms with Gasteiger partial charge >= 0.3 is 0 Å². The highest BCUT2D eigenvalue weighted by molar-refractivity contribution is 5.90. The molecule has 0 atom stereocenters. The van der Waals surface area contributed by atoms with Gasteiger partial charge < -0.3 is 5.32 Å². The highest BCUT2D eigenvalue weighted by atomic mass is 19.2. The summed E-state index contributed by atoms with van der Waals surface area (Å²) in [5.41, 5.74) is 0.806. The summed E-state index contributed by atoms with van der Waals surface area (Å²) in [5.74, 6) is -7.26. The van der Waals surface area contributed by atoms with E-state index in [0.29, 0.717) is 0 Å². The zero-order valence-electron chi connectivity index (χ0n) is 12.0. The molecule has 2 aromatic rings. The molecule has 1 aliphatic rings. The van der Waals surface area contributed by atoms with Crippen LogP contribution in [0.25, 0.3) is 0 Å². The first-order chi connectivity index (χ1) is 11.0. The maximum Gasteiger partial charge on any atom is 0.246 e.